The molecule has 0 unspecified atom stereocenters. The minimum absolute atomic E-state index is 0.296. The third-order valence-electron chi connectivity index (χ3n) is 2.08. The van der Waals surface area contributed by atoms with Gasteiger partial charge in [-0.25, -0.2) is 8.78 Å². The molecule has 2 aromatic carbocycles. The van der Waals surface area contributed by atoms with Gasteiger partial charge in [-0.15, -0.1) is 0 Å². The highest BCUT2D eigenvalue weighted by atomic mass is 19.1. The minimum atomic E-state index is -0.319. The molecule has 0 spiro atoms. The van der Waals surface area contributed by atoms with Gasteiger partial charge in [0.15, 0.2) is 0 Å². The van der Waals surface area contributed by atoms with Crippen molar-refractivity contribution in [2.45, 2.75) is 0 Å². The maximum Gasteiger partial charge on any atom is 0.150 e. The Kier molecular flexibility index (Phi) is 5.88. The molecule has 0 aliphatic carbocycles. The van der Waals surface area contributed by atoms with Gasteiger partial charge in [-0.1, -0.05) is 17.3 Å². The van der Waals surface area contributed by atoms with Crippen LogP contribution in [-0.4, -0.2) is 17.7 Å². The average Bonchev–Trinajstić information content (AvgIpc) is 2.43. The highest BCUT2D eigenvalue weighted by molar-refractivity contribution is 5.78. The van der Waals surface area contributed by atoms with Crippen LogP contribution in [0.25, 0.3) is 0 Å². The van der Waals surface area contributed by atoms with E-state index >= 15 is 0 Å². The molecule has 0 heterocycles. The van der Waals surface area contributed by atoms with E-state index in [1.807, 2.05) is 0 Å². The number of nitrogens with zero attached hydrogens (tertiary/aromatic N) is 1. The fourth-order valence-corrected chi connectivity index (χ4v) is 1.16. The van der Waals surface area contributed by atoms with Gasteiger partial charge in [0, 0.05) is 5.56 Å². The van der Waals surface area contributed by atoms with Gasteiger partial charge in [0.05, 0.1) is 6.21 Å². The lowest BCUT2D eigenvalue weighted by atomic mass is 10.2. The molecule has 5 heteroatoms. The first-order valence-corrected chi connectivity index (χ1v) is 5.29. The molecule has 3 nitrogen and oxygen atoms in total. The summed E-state index contributed by atoms with van der Waals surface area (Å²) in [5.41, 5.74) is 1.17. The van der Waals surface area contributed by atoms with Crippen molar-refractivity contribution < 1.29 is 18.8 Å². The second-order valence-corrected chi connectivity index (χ2v) is 3.47. The summed E-state index contributed by atoms with van der Waals surface area (Å²) in [6.45, 7) is 0. The van der Waals surface area contributed by atoms with E-state index in [9.17, 15) is 13.6 Å². The quantitative estimate of drug-likeness (QED) is 0.391. The topological polar surface area (TPSA) is 49.7 Å². The van der Waals surface area contributed by atoms with E-state index in [-0.39, 0.29) is 11.6 Å². The van der Waals surface area contributed by atoms with Crippen LogP contribution in [0.4, 0.5) is 8.78 Å². The Morgan fingerprint density at radius 3 is 1.63 bits per heavy atom. The maximum absolute atomic E-state index is 12.2. The maximum atomic E-state index is 12.2. The van der Waals surface area contributed by atoms with E-state index in [4.69, 9.17) is 5.21 Å². The molecular weight excluding hydrogens is 252 g/mol. The lowest BCUT2D eigenvalue weighted by Crippen LogP contribution is -1.80. The Balaban J connectivity index is 0.000000191. The number of rotatable bonds is 2. The lowest BCUT2D eigenvalue weighted by Gasteiger charge is -1.88. The predicted octanol–water partition coefficient (Wildman–Crippen LogP) is 3.27. The normalized spacial score (nSPS) is 9.79. The molecule has 0 fully saturated rings. The molecule has 98 valence electrons. The van der Waals surface area contributed by atoms with Crippen LogP contribution >= 0.6 is 0 Å². The fourth-order valence-electron chi connectivity index (χ4n) is 1.16. The number of halogens is 2. The summed E-state index contributed by atoms with van der Waals surface area (Å²) in [6, 6.07) is 11.0. The van der Waals surface area contributed by atoms with Gasteiger partial charge in [0.2, 0.25) is 0 Å². The van der Waals surface area contributed by atoms with E-state index in [0.717, 1.165) is 0 Å². The first-order chi connectivity index (χ1) is 9.15. The molecule has 0 aromatic heterocycles. The number of hydrogen-bond acceptors (Lipinski definition) is 3. The van der Waals surface area contributed by atoms with Gasteiger partial charge in [0.25, 0.3) is 0 Å². The lowest BCUT2D eigenvalue weighted by molar-refractivity contribution is 0.112. The van der Waals surface area contributed by atoms with E-state index in [1.165, 1.54) is 54.7 Å². The zero-order chi connectivity index (χ0) is 14.1. The highest BCUT2D eigenvalue weighted by Crippen LogP contribution is 1.99. The van der Waals surface area contributed by atoms with Gasteiger partial charge in [-0.3, -0.25) is 4.79 Å². The summed E-state index contributed by atoms with van der Waals surface area (Å²) < 4.78 is 24.3. The summed E-state index contributed by atoms with van der Waals surface area (Å²) in [7, 11) is 0. The van der Waals surface area contributed by atoms with Gasteiger partial charge < -0.3 is 5.21 Å². The number of hydrogen-bond donors (Lipinski definition) is 1. The zero-order valence-electron chi connectivity index (χ0n) is 9.83. The van der Waals surface area contributed by atoms with Crippen LogP contribution in [0.2, 0.25) is 0 Å². The fraction of sp³-hybridized carbons (Fsp3) is 0. The van der Waals surface area contributed by atoms with Crippen molar-refractivity contribution in [3.63, 3.8) is 0 Å². The molecule has 0 atom stereocenters. The molecule has 2 rings (SSSR count). The van der Waals surface area contributed by atoms with Crippen molar-refractivity contribution in [2.75, 3.05) is 0 Å². The largest absolute Gasteiger partial charge is 0.411 e. The minimum Gasteiger partial charge on any atom is -0.411 e. The van der Waals surface area contributed by atoms with Crippen LogP contribution < -0.4 is 0 Å². The number of aldehydes is 1. The predicted molar refractivity (Wildman–Crippen MR) is 67.6 cm³/mol. The number of carbonyl (C=O) groups is 1. The van der Waals surface area contributed by atoms with Crippen LogP contribution in [0.1, 0.15) is 15.9 Å². The third kappa shape index (κ3) is 5.54. The van der Waals surface area contributed by atoms with Crippen molar-refractivity contribution in [3.8, 4) is 0 Å². The molecule has 0 aliphatic rings. The van der Waals surface area contributed by atoms with Gasteiger partial charge >= 0.3 is 0 Å². The molecule has 2 aromatic rings. The number of carbonyl (C=O) groups excluding carboxylic acids is 1. The number of benzene rings is 2. The molecule has 0 bridgehead atoms. The summed E-state index contributed by atoms with van der Waals surface area (Å²) in [5.74, 6) is -0.615. The van der Waals surface area contributed by atoms with Crippen molar-refractivity contribution in [1.82, 2.24) is 0 Å². The van der Waals surface area contributed by atoms with Crippen LogP contribution in [-0.2, 0) is 0 Å². The molecule has 1 N–H and O–H groups in total. The van der Waals surface area contributed by atoms with Crippen molar-refractivity contribution >= 4 is 12.5 Å². The first kappa shape index (κ1) is 14.5. The second-order valence-electron chi connectivity index (χ2n) is 3.47. The van der Waals surface area contributed by atoms with Gasteiger partial charge in [-0.05, 0) is 42.0 Å². The van der Waals surface area contributed by atoms with Crippen LogP contribution in [0, 0.1) is 11.6 Å². The zero-order valence-corrected chi connectivity index (χ0v) is 9.83. The van der Waals surface area contributed by atoms with E-state index < -0.39 is 0 Å². The summed E-state index contributed by atoms with van der Waals surface area (Å²) in [6.07, 6.45) is 1.92. The summed E-state index contributed by atoms with van der Waals surface area (Å²) in [5, 5.41) is 10.9. The van der Waals surface area contributed by atoms with E-state index in [2.05, 4.69) is 5.16 Å². The van der Waals surface area contributed by atoms with Gasteiger partial charge in [-0.2, -0.15) is 0 Å². The Hall–Kier alpha value is -2.56. The Morgan fingerprint density at radius 1 is 0.842 bits per heavy atom. The molecule has 0 saturated heterocycles. The van der Waals surface area contributed by atoms with Crippen molar-refractivity contribution in [2.24, 2.45) is 5.16 Å². The number of oxime groups is 1. The average molecular weight is 263 g/mol. The van der Waals surface area contributed by atoms with Crippen LogP contribution in [0.5, 0.6) is 0 Å². The Labute approximate surface area is 108 Å². The SMILES string of the molecule is O/N=C/c1ccc(F)cc1.O=Cc1ccc(F)cc1. The van der Waals surface area contributed by atoms with Crippen LogP contribution in [0.3, 0.4) is 0 Å². The van der Waals surface area contributed by atoms with Crippen LogP contribution in [0.15, 0.2) is 53.7 Å². The molecule has 19 heavy (non-hydrogen) atoms. The monoisotopic (exact) mass is 263 g/mol. The smallest absolute Gasteiger partial charge is 0.150 e. The van der Waals surface area contributed by atoms with Gasteiger partial charge in [0.1, 0.15) is 17.9 Å². The molecular formula is C14H11F2NO2. The summed E-state index contributed by atoms with van der Waals surface area (Å²) >= 11 is 0. The highest BCUT2D eigenvalue weighted by Gasteiger charge is 1.88. The van der Waals surface area contributed by atoms with E-state index in [1.54, 1.807) is 0 Å². The second kappa shape index (κ2) is 7.71. The Bertz CT molecular complexity index is 536. The van der Waals surface area contributed by atoms with E-state index in [0.29, 0.717) is 17.4 Å². The third-order valence-corrected chi connectivity index (χ3v) is 2.08. The standard InChI is InChI=1S/C7H6FNO.C7H5FO/c8-7-3-1-6(2-4-7)5-9-10;8-7-3-1-6(5-9)2-4-7/h1-5,10H;1-5H/b9-5+;. The molecule has 0 aliphatic heterocycles. The summed E-state index contributed by atoms with van der Waals surface area (Å²) in [4.78, 5) is 10.00. The molecule has 0 radical (unpaired) electrons. The van der Waals surface area contributed by atoms with Crippen molar-refractivity contribution in [1.29, 1.82) is 0 Å². The molecule has 0 saturated carbocycles. The van der Waals surface area contributed by atoms with Crippen molar-refractivity contribution in [3.05, 3.63) is 71.3 Å². The Morgan fingerprint density at radius 2 is 1.26 bits per heavy atom. The first-order valence-electron chi connectivity index (χ1n) is 5.29. The molecule has 0 amide bonds.